The molecule has 1 amide bonds. The smallest absolute Gasteiger partial charge is 0.224 e. The Bertz CT molecular complexity index is 830. The first kappa shape index (κ1) is 16.7. The summed E-state index contributed by atoms with van der Waals surface area (Å²) in [4.78, 5) is 16.6. The molecule has 1 N–H and O–H groups in total. The first-order chi connectivity index (χ1) is 12.3. The number of carbonyl (C=O) groups excluding carboxylic acids is 1. The number of hydrogen-bond donors (Lipinski definition) is 1. The molecule has 0 atom stereocenters. The van der Waals surface area contributed by atoms with E-state index >= 15 is 0 Å². The summed E-state index contributed by atoms with van der Waals surface area (Å²) >= 11 is 0. The number of ether oxygens (including phenoxy) is 1. The molecule has 0 saturated heterocycles. The van der Waals surface area contributed by atoms with Crippen LogP contribution in [-0.2, 0) is 11.2 Å². The Kier molecular flexibility index (Phi) is 5.42. The van der Waals surface area contributed by atoms with Crippen molar-refractivity contribution in [3.63, 3.8) is 0 Å². The monoisotopic (exact) mass is 332 g/mol. The minimum absolute atomic E-state index is 0.0415. The van der Waals surface area contributed by atoms with Crippen LogP contribution in [0.2, 0.25) is 0 Å². The predicted molar refractivity (Wildman–Crippen MR) is 99.6 cm³/mol. The van der Waals surface area contributed by atoms with Crippen LogP contribution in [-0.4, -0.2) is 18.0 Å². The normalized spacial score (nSPS) is 10.3. The van der Waals surface area contributed by atoms with Crippen molar-refractivity contribution in [3.05, 3.63) is 78.5 Å². The number of pyridine rings is 1. The second-order valence-electron chi connectivity index (χ2n) is 5.66. The van der Waals surface area contributed by atoms with E-state index in [0.29, 0.717) is 18.5 Å². The lowest BCUT2D eigenvalue weighted by molar-refractivity contribution is -0.116. The molecule has 0 radical (unpaired) electrons. The first-order valence-corrected chi connectivity index (χ1v) is 8.19. The summed E-state index contributed by atoms with van der Waals surface area (Å²) in [5, 5.41) is 2.89. The van der Waals surface area contributed by atoms with Crippen LogP contribution in [0, 0.1) is 0 Å². The molecule has 0 bridgehead atoms. The van der Waals surface area contributed by atoms with Crippen LogP contribution < -0.4 is 10.1 Å². The van der Waals surface area contributed by atoms with Gasteiger partial charge in [-0.3, -0.25) is 9.78 Å². The summed E-state index contributed by atoms with van der Waals surface area (Å²) in [7, 11) is 1.64. The lowest BCUT2D eigenvalue weighted by atomic mass is 10.1. The van der Waals surface area contributed by atoms with Crippen LogP contribution in [0.5, 0.6) is 5.75 Å². The van der Waals surface area contributed by atoms with Crippen molar-refractivity contribution >= 4 is 11.6 Å². The number of hydrogen-bond acceptors (Lipinski definition) is 3. The van der Waals surface area contributed by atoms with Gasteiger partial charge in [0.1, 0.15) is 5.75 Å². The third-order valence-electron chi connectivity index (χ3n) is 3.93. The van der Waals surface area contributed by atoms with Gasteiger partial charge in [0.05, 0.1) is 24.7 Å². The van der Waals surface area contributed by atoms with Gasteiger partial charge >= 0.3 is 0 Å². The van der Waals surface area contributed by atoms with Crippen molar-refractivity contribution in [1.82, 2.24) is 4.98 Å². The van der Waals surface area contributed by atoms with Gasteiger partial charge in [0, 0.05) is 12.0 Å². The van der Waals surface area contributed by atoms with E-state index in [9.17, 15) is 4.79 Å². The molecule has 0 aliphatic carbocycles. The Morgan fingerprint density at radius 2 is 1.76 bits per heavy atom. The van der Waals surface area contributed by atoms with Crippen molar-refractivity contribution in [2.75, 3.05) is 12.4 Å². The largest absolute Gasteiger partial charge is 0.496 e. The number of benzene rings is 2. The van der Waals surface area contributed by atoms with Crippen molar-refractivity contribution in [2.45, 2.75) is 12.8 Å². The van der Waals surface area contributed by atoms with E-state index in [1.165, 1.54) is 0 Å². The number of aromatic nitrogens is 1. The molecule has 0 spiro atoms. The Morgan fingerprint density at radius 3 is 2.48 bits per heavy atom. The lowest BCUT2D eigenvalue weighted by Crippen LogP contribution is -2.12. The van der Waals surface area contributed by atoms with E-state index in [1.807, 2.05) is 66.7 Å². The Labute approximate surface area is 147 Å². The maximum Gasteiger partial charge on any atom is 0.224 e. The first-order valence-electron chi connectivity index (χ1n) is 8.19. The highest BCUT2D eigenvalue weighted by Gasteiger charge is 2.07. The van der Waals surface area contributed by atoms with Gasteiger partial charge in [0.25, 0.3) is 0 Å². The maximum atomic E-state index is 12.2. The van der Waals surface area contributed by atoms with Crippen LogP contribution in [0.1, 0.15) is 12.0 Å². The molecular formula is C21H20N2O2. The van der Waals surface area contributed by atoms with Gasteiger partial charge in [-0.1, -0.05) is 48.5 Å². The third kappa shape index (κ3) is 4.44. The van der Waals surface area contributed by atoms with Gasteiger partial charge in [-0.25, -0.2) is 0 Å². The molecule has 0 fully saturated rings. The second-order valence-corrected chi connectivity index (χ2v) is 5.66. The highest BCUT2D eigenvalue weighted by Crippen LogP contribution is 2.20. The number of nitrogens with zero attached hydrogens (tertiary/aromatic N) is 1. The van der Waals surface area contributed by atoms with Crippen LogP contribution >= 0.6 is 0 Å². The number of para-hydroxylation sites is 1. The van der Waals surface area contributed by atoms with Gasteiger partial charge in [0.2, 0.25) is 5.91 Å². The third-order valence-corrected chi connectivity index (χ3v) is 3.93. The summed E-state index contributed by atoms with van der Waals surface area (Å²) in [6.07, 6.45) is 2.70. The standard InChI is InChI=1S/C21H20N2O2/c1-25-20-10-6-5-9-17(20)11-14-21(24)23-18-12-13-19(22-15-18)16-7-3-2-4-8-16/h2-10,12-13,15H,11,14H2,1H3,(H,23,24). The molecule has 0 aliphatic heterocycles. The highest BCUT2D eigenvalue weighted by molar-refractivity contribution is 5.90. The minimum atomic E-state index is -0.0415. The summed E-state index contributed by atoms with van der Waals surface area (Å²) in [6, 6.07) is 21.5. The van der Waals surface area contributed by atoms with E-state index < -0.39 is 0 Å². The van der Waals surface area contributed by atoms with Crippen LogP contribution in [0.4, 0.5) is 5.69 Å². The second kappa shape index (κ2) is 8.11. The maximum absolute atomic E-state index is 12.2. The molecule has 4 heteroatoms. The molecule has 2 aromatic carbocycles. The summed E-state index contributed by atoms with van der Waals surface area (Å²) in [5.41, 5.74) is 3.66. The molecule has 126 valence electrons. The van der Waals surface area contributed by atoms with E-state index in [-0.39, 0.29) is 5.91 Å². The van der Waals surface area contributed by atoms with Gasteiger partial charge in [0.15, 0.2) is 0 Å². The Balaban J connectivity index is 1.58. The molecular weight excluding hydrogens is 312 g/mol. The van der Waals surface area contributed by atoms with E-state index in [2.05, 4.69) is 10.3 Å². The molecule has 3 aromatic rings. The van der Waals surface area contributed by atoms with Gasteiger partial charge in [-0.15, -0.1) is 0 Å². The molecule has 0 unspecified atom stereocenters. The number of amides is 1. The van der Waals surface area contributed by atoms with E-state index in [4.69, 9.17) is 4.74 Å². The van der Waals surface area contributed by atoms with Crippen LogP contribution in [0.3, 0.4) is 0 Å². The molecule has 0 saturated carbocycles. The fourth-order valence-corrected chi connectivity index (χ4v) is 2.63. The summed E-state index contributed by atoms with van der Waals surface area (Å²) < 4.78 is 5.31. The topological polar surface area (TPSA) is 51.2 Å². The zero-order valence-corrected chi connectivity index (χ0v) is 14.1. The molecule has 1 aromatic heterocycles. The fourth-order valence-electron chi connectivity index (χ4n) is 2.63. The summed E-state index contributed by atoms with van der Waals surface area (Å²) in [5.74, 6) is 0.768. The molecule has 1 heterocycles. The fraction of sp³-hybridized carbons (Fsp3) is 0.143. The number of methoxy groups -OCH3 is 1. The minimum Gasteiger partial charge on any atom is -0.496 e. The van der Waals surface area contributed by atoms with Gasteiger partial charge in [-0.05, 0) is 30.2 Å². The Hall–Kier alpha value is -3.14. The van der Waals surface area contributed by atoms with Gasteiger partial charge < -0.3 is 10.1 Å². The van der Waals surface area contributed by atoms with Crippen LogP contribution in [0.15, 0.2) is 72.9 Å². The predicted octanol–water partition coefficient (Wildman–Crippen LogP) is 4.33. The molecule has 4 nitrogen and oxygen atoms in total. The SMILES string of the molecule is COc1ccccc1CCC(=O)Nc1ccc(-c2ccccc2)nc1. The molecule has 0 aliphatic rings. The van der Waals surface area contributed by atoms with Crippen molar-refractivity contribution in [1.29, 1.82) is 0 Å². The van der Waals surface area contributed by atoms with Gasteiger partial charge in [-0.2, -0.15) is 0 Å². The molecule has 3 rings (SSSR count). The quantitative estimate of drug-likeness (QED) is 0.731. The lowest BCUT2D eigenvalue weighted by Gasteiger charge is -2.09. The van der Waals surface area contributed by atoms with Crippen molar-refractivity contribution < 1.29 is 9.53 Å². The number of carbonyl (C=O) groups is 1. The zero-order chi connectivity index (χ0) is 17.5. The van der Waals surface area contributed by atoms with E-state index in [1.54, 1.807) is 13.3 Å². The molecule has 25 heavy (non-hydrogen) atoms. The van der Waals surface area contributed by atoms with Crippen LogP contribution in [0.25, 0.3) is 11.3 Å². The van der Waals surface area contributed by atoms with E-state index in [0.717, 1.165) is 22.6 Å². The average molecular weight is 332 g/mol. The summed E-state index contributed by atoms with van der Waals surface area (Å²) in [6.45, 7) is 0. The number of nitrogens with one attached hydrogen (secondary N) is 1. The number of aryl methyl sites for hydroxylation is 1. The average Bonchev–Trinajstić information content (AvgIpc) is 2.68. The number of anilines is 1. The Morgan fingerprint density at radius 1 is 1.00 bits per heavy atom. The van der Waals surface area contributed by atoms with Crippen molar-refractivity contribution in [3.8, 4) is 17.0 Å². The zero-order valence-electron chi connectivity index (χ0n) is 14.1. The highest BCUT2D eigenvalue weighted by atomic mass is 16.5. The number of rotatable bonds is 6. The van der Waals surface area contributed by atoms with Crippen molar-refractivity contribution in [2.24, 2.45) is 0 Å².